The minimum atomic E-state index is -7.00. The van der Waals surface area contributed by atoms with Gasteiger partial charge in [0.2, 0.25) is 0 Å². The van der Waals surface area contributed by atoms with Crippen LogP contribution in [0.5, 0.6) is 0 Å². The van der Waals surface area contributed by atoms with E-state index in [0.717, 1.165) is 0 Å². The lowest BCUT2D eigenvalue weighted by Gasteiger charge is -2.33. The first kappa shape index (κ1) is 26.3. The Balaban J connectivity index is 4.58. The Kier molecular flexibility index (Phi) is 8.24. The number of carbonyl (C=O) groups excluding carboxylic acids is 2. The van der Waals surface area contributed by atoms with Crippen LogP contribution in [0.4, 0.5) is 39.5 Å². The molecular weight excluding hydrogens is 415 g/mol. The van der Waals surface area contributed by atoms with E-state index in [0.29, 0.717) is 6.42 Å². The number of hydrogen-bond donors (Lipinski definition) is 0. The topological polar surface area (TPSA) is 52.6 Å². The smallest absolute Gasteiger partial charge is 0.460 e. The molecule has 0 aromatic heterocycles. The zero-order valence-electron chi connectivity index (χ0n) is 15.1. The van der Waals surface area contributed by atoms with Crippen molar-refractivity contribution in [1.29, 1.82) is 0 Å². The molecule has 0 unspecified atom stereocenters. The quantitative estimate of drug-likeness (QED) is 0.388. The lowest BCUT2D eigenvalue weighted by atomic mass is 9.91. The second-order valence-electron chi connectivity index (χ2n) is 7.04. The molecule has 0 saturated carbocycles. The predicted octanol–water partition coefficient (Wildman–Crippen LogP) is 4.76. The summed E-state index contributed by atoms with van der Waals surface area (Å²) < 4.78 is 122. The average molecular weight is 434 g/mol. The lowest BCUT2D eigenvalue weighted by Crippen LogP contribution is -2.61. The minimum Gasteiger partial charge on any atom is -0.463 e. The van der Waals surface area contributed by atoms with Gasteiger partial charge in [0.1, 0.15) is 0 Å². The monoisotopic (exact) mass is 434 g/mol. The molecule has 0 saturated heterocycles. The Morgan fingerprint density at radius 3 is 1.64 bits per heavy atom. The fraction of sp³-hybridized carbons (Fsp3) is 0.867. The number of halogens is 9. The Morgan fingerprint density at radius 1 is 0.714 bits per heavy atom. The van der Waals surface area contributed by atoms with E-state index in [9.17, 15) is 49.1 Å². The van der Waals surface area contributed by atoms with Gasteiger partial charge < -0.3 is 9.47 Å². The Bertz CT molecular complexity index is 551. The number of alkyl halides is 9. The molecule has 4 nitrogen and oxygen atoms in total. The van der Waals surface area contributed by atoms with E-state index in [1.165, 1.54) is 0 Å². The van der Waals surface area contributed by atoms with Crippen molar-refractivity contribution >= 4 is 11.9 Å². The predicted molar refractivity (Wildman–Crippen MR) is 76.1 cm³/mol. The largest absolute Gasteiger partial charge is 0.463 e. The highest BCUT2D eigenvalue weighted by Crippen LogP contribution is 2.53. The second-order valence-corrected chi connectivity index (χ2v) is 7.04. The van der Waals surface area contributed by atoms with Gasteiger partial charge in [-0.1, -0.05) is 20.8 Å². The molecule has 0 atom stereocenters. The SMILES string of the molecule is CC(C)(C)CCC(=O)OCC(=O)OCCC(F)(F)C(F)(F)C(F)(F)C(F)(F)F. The Labute approximate surface area is 154 Å². The molecule has 0 rings (SSSR count). The van der Waals surface area contributed by atoms with E-state index in [2.05, 4.69) is 9.47 Å². The molecule has 0 spiro atoms. The maximum absolute atomic E-state index is 13.2. The molecule has 0 aliphatic heterocycles. The maximum Gasteiger partial charge on any atom is 0.460 e. The molecule has 28 heavy (non-hydrogen) atoms. The summed E-state index contributed by atoms with van der Waals surface area (Å²) in [4.78, 5) is 22.5. The first-order valence-electron chi connectivity index (χ1n) is 7.76. The fourth-order valence-electron chi connectivity index (χ4n) is 1.59. The van der Waals surface area contributed by atoms with E-state index in [-0.39, 0.29) is 11.8 Å². The van der Waals surface area contributed by atoms with Crippen LogP contribution in [0.3, 0.4) is 0 Å². The molecule has 0 N–H and O–H groups in total. The van der Waals surface area contributed by atoms with Gasteiger partial charge in [-0.25, -0.2) is 4.79 Å². The third kappa shape index (κ3) is 7.04. The van der Waals surface area contributed by atoms with Crippen LogP contribution in [-0.4, -0.2) is 49.1 Å². The summed E-state index contributed by atoms with van der Waals surface area (Å²) in [6.07, 6.45) is -8.93. The highest BCUT2D eigenvalue weighted by molar-refractivity contribution is 5.76. The number of hydrogen-bond acceptors (Lipinski definition) is 4. The van der Waals surface area contributed by atoms with Crippen molar-refractivity contribution in [2.75, 3.05) is 13.2 Å². The van der Waals surface area contributed by atoms with Crippen molar-refractivity contribution < 1.29 is 58.6 Å². The van der Waals surface area contributed by atoms with Crippen LogP contribution in [0.2, 0.25) is 0 Å². The van der Waals surface area contributed by atoms with Gasteiger partial charge in [-0.2, -0.15) is 39.5 Å². The number of ether oxygens (including phenoxy) is 2. The summed E-state index contributed by atoms with van der Waals surface area (Å²) in [6, 6.07) is 0. The van der Waals surface area contributed by atoms with Gasteiger partial charge in [0, 0.05) is 6.42 Å². The number of esters is 2. The van der Waals surface area contributed by atoms with E-state index in [1.54, 1.807) is 0 Å². The summed E-state index contributed by atoms with van der Waals surface area (Å²) in [5, 5.41) is 0. The molecule has 0 bridgehead atoms. The van der Waals surface area contributed by atoms with Crippen molar-refractivity contribution in [3.63, 3.8) is 0 Å². The van der Waals surface area contributed by atoms with E-state index in [1.807, 2.05) is 20.8 Å². The minimum absolute atomic E-state index is 0.0897. The van der Waals surface area contributed by atoms with Gasteiger partial charge in [-0.15, -0.1) is 0 Å². The van der Waals surface area contributed by atoms with Crippen molar-refractivity contribution in [2.45, 2.75) is 64.0 Å². The molecule has 0 fully saturated rings. The molecule has 0 aromatic rings. The molecule has 0 aliphatic rings. The molecule has 0 aliphatic carbocycles. The van der Waals surface area contributed by atoms with Gasteiger partial charge in [0.25, 0.3) is 0 Å². The Morgan fingerprint density at radius 2 is 1.21 bits per heavy atom. The zero-order chi connectivity index (χ0) is 22.6. The van der Waals surface area contributed by atoms with Gasteiger partial charge in [-0.05, 0) is 11.8 Å². The molecule has 0 amide bonds. The summed E-state index contributed by atoms with van der Waals surface area (Å²) in [5.41, 5.74) is -0.227. The molecular formula is C15H19F9O4. The summed E-state index contributed by atoms with van der Waals surface area (Å²) in [5.74, 6) is -21.9. The highest BCUT2D eigenvalue weighted by Gasteiger charge is 2.81. The maximum atomic E-state index is 13.2. The van der Waals surface area contributed by atoms with Crippen molar-refractivity contribution in [3.05, 3.63) is 0 Å². The third-order valence-electron chi connectivity index (χ3n) is 3.32. The lowest BCUT2D eigenvalue weighted by molar-refractivity contribution is -0.397. The molecule has 13 heteroatoms. The van der Waals surface area contributed by atoms with Gasteiger partial charge in [0.15, 0.2) is 6.61 Å². The van der Waals surface area contributed by atoms with Crippen molar-refractivity contribution in [2.24, 2.45) is 5.41 Å². The zero-order valence-corrected chi connectivity index (χ0v) is 15.1. The summed E-state index contributed by atoms with van der Waals surface area (Å²) in [7, 11) is 0. The average Bonchev–Trinajstić information content (AvgIpc) is 2.48. The molecule has 0 heterocycles. The fourth-order valence-corrected chi connectivity index (χ4v) is 1.59. The van der Waals surface area contributed by atoms with E-state index < -0.39 is 55.5 Å². The number of rotatable bonds is 9. The summed E-state index contributed by atoms with van der Waals surface area (Å²) >= 11 is 0. The van der Waals surface area contributed by atoms with Crippen LogP contribution in [-0.2, 0) is 19.1 Å². The van der Waals surface area contributed by atoms with E-state index >= 15 is 0 Å². The normalized spacial score (nSPS) is 14.0. The van der Waals surface area contributed by atoms with Gasteiger partial charge in [-0.3, -0.25) is 4.79 Å². The van der Waals surface area contributed by atoms with Gasteiger partial charge in [0.05, 0.1) is 13.0 Å². The van der Waals surface area contributed by atoms with Crippen LogP contribution in [0.1, 0.15) is 40.0 Å². The van der Waals surface area contributed by atoms with Crippen LogP contribution < -0.4 is 0 Å². The second kappa shape index (κ2) is 8.76. The summed E-state index contributed by atoms with van der Waals surface area (Å²) in [6.45, 7) is 2.77. The van der Waals surface area contributed by atoms with Crippen LogP contribution in [0.25, 0.3) is 0 Å². The molecule has 0 radical (unpaired) electrons. The van der Waals surface area contributed by atoms with Crippen LogP contribution in [0.15, 0.2) is 0 Å². The Hall–Kier alpha value is -1.69. The highest BCUT2D eigenvalue weighted by atomic mass is 19.4. The van der Waals surface area contributed by atoms with Crippen LogP contribution in [0, 0.1) is 5.41 Å². The molecule has 166 valence electrons. The van der Waals surface area contributed by atoms with Crippen molar-refractivity contribution in [1.82, 2.24) is 0 Å². The van der Waals surface area contributed by atoms with E-state index in [4.69, 9.17) is 0 Å². The first-order chi connectivity index (χ1) is 12.2. The third-order valence-corrected chi connectivity index (χ3v) is 3.32. The molecule has 0 aromatic carbocycles. The van der Waals surface area contributed by atoms with Crippen LogP contribution >= 0.6 is 0 Å². The van der Waals surface area contributed by atoms with Crippen molar-refractivity contribution in [3.8, 4) is 0 Å². The standard InChI is InChI=1S/C15H19F9O4/c1-11(2,3)5-4-9(25)28-8-10(26)27-7-6-12(16,17)13(18,19)14(20,21)15(22,23)24/h4-8H2,1-3H3. The number of carbonyl (C=O) groups is 2. The van der Waals surface area contributed by atoms with Gasteiger partial charge >= 0.3 is 35.9 Å². The first-order valence-corrected chi connectivity index (χ1v) is 7.76.